The van der Waals surface area contributed by atoms with Crippen molar-refractivity contribution in [3.8, 4) is 0 Å². The highest BCUT2D eigenvalue weighted by atomic mass is 16.6. The second kappa shape index (κ2) is 7.87. The molecule has 0 atom stereocenters. The number of hydrogen-bond acceptors (Lipinski definition) is 6. The van der Waals surface area contributed by atoms with E-state index >= 15 is 0 Å². The summed E-state index contributed by atoms with van der Waals surface area (Å²) >= 11 is 0. The van der Waals surface area contributed by atoms with Crippen LogP contribution >= 0.6 is 0 Å². The van der Waals surface area contributed by atoms with E-state index in [9.17, 15) is 19.7 Å². The third-order valence-corrected chi connectivity index (χ3v) is 5.14. The molecule has 0 fully saturated rings. The molecule has 7 heteroatoms. The zero-order valence-corrected chi connectivity index (χ0v) is 16.5. The second-order valence-electron chi connectivity index (χ2n) is 7.42. The molecule has 1 heterocycles. The quantitative estimate of drug-likeness (QED) is 0.322. The van der Waals surface area contributed by atoms with E-state index in [4.69, 9.17) is 4.74 Å². The first kappa shape index (κ1) is 20.3. The number of nitro groups is 1. The number of ketones is 1. The Kier molecular flexibility index (Phi) is 5.50. The van der Waals surface area contributed by atoms with Gasteiger partial charge in [-0.25, -0.2) is 0 Å². The normalized spacial score (nSPS) is 15.8. The molecule has 0 saturated heterocycles. The first-order chi connectivity index (χ1) is 13.7. The van der Waals surface area contributed by atoms with Crippen molar-refractivity contribution >= 4 is 23.1 Å². The summed E-state index contributed by atoms with van der Waals surface area (Å²) in [7, 11) is 1.90. The zero-order valence-electron chi connectivity index (χ0n) is 16.5. The first-order valence-corrected chi connectivity index (χ1v) is 9.18. The van der Waals surface area contributed by atoms with Crippen molar-refractivity contribution in [1.82, 2.24) is 0 Å². The Morgan fingerprint density at radius 2 is 1.79 bits per heavy atom. The van der Waals surface area contributed by atoms with Crippen LogP contribution in [-0.2, 0) is 26.2 Å². The predicted molar refractivity (Wildman–Crippen MR) is 109 cm³/mol. The van der Waals surface area contributed by atoms with Crippen molar-refractivity contribution in [2.45, 2.75) is 25.7 Å². The molecule has 29 heavy (non-hydrogen) atoms. The van der Waals surface area contributed by atoms with Gasteiger partial charge >= 0.3 is 5.97 Å². The highest BCUT2D eigenvalue weighted by Gasteiger charge is 2.38. The molecule has 0 bridgehead atoms. The van der Waals surface area contributed by atoms with Gasteiger partial charge in [0.25, 0.3) is 5.69 Å². The average molecular weight is 394 g/mol. The SMILES string of the molecule is CN1/C(=C\C(=O)COC(=O)Cc2ccccc2[N+](=O)[O-])C(C)(C)c2ccccc21. The maximum absolute atomic E-state index is 12.4. The van der Waals surface area contributed by atoms with E-state index in [0.29, 0.717) is 0 Å². The van der Waals surface area contributed by atoms with Crippen LogP contribution in [0.25, 0.3) is 0 Å². The average Bonchev–Trinajstić information content (AvgIpc) is 2.88. The van der Waals surface area contributed by atoms with Crippen molar-refractivity contribution < 1.29 is 19.2 Å². The predicted octanol–water partition coefficient (Wildman–Crippen LogP) is 3.56. The number of carbonyl (C=O) groups excluding carboxylic acids is 2. The number of fused-ring (bicyclic) bond motifs is 1. The number of nitro benzene ring substituents is 1. The fourth-order valence-corrected chi connectivity index (χ4v) is 3.65. The molecule has 3 rings (SSSR count). The van der Waals surface area contributed by atoms with Gasteiger partial charge in [0.15, 0.2) is 12.4 Å². The molecule has 0 N–H and O–H groups in total. The summed E-state index contributed by atoms with van der Waals surface area (Å²) in [5.41, 5.74) is 2.72. The molecule has 0 aliphatic carbocycles. The number of likely N-dealkylation sites (N-methyl/N-ethyl adjacent to an activating group) is 1. The number of anilines is 1. The number of rotatable bonds is 6. The smallest absolute Gasteiger partial charge is 0.310 e. The molecule has 2 aromatic rings. The third kappa shape index (κ3) is 4.03. The molecular formula is C22H22N2O5. The molecule has 0 amide bonds. The van der Waals surface area contributed by atoms with Gasteiger partial charge in [-0.15, -0.1) is 0 Å². The number of hydrogen-bond donors (Lipinski definition) is 0. The van der Waals surface area contributed by atoms with E-state index in [-0.39, 0.29) is 28.9 Å². The van der Waals surface area contributed by atoms with E-state index in [1.54, 1.807) is 6.07 Å². The Labute approximate surface area is 168 Å². The van der Waals surface area contributed by atoms with Crippen LogP contribution in [-0.4, -0.2) is 30.3 Å². The lowest BCUT2D eigenvalue weighted by molar-refractivity contribution is -0.385. The minimum atomic E-state index is -0.687. The molecule has 2 aromatic carbocycles. The van der Waals surface area contributed by atoms with Crippen molar-refractivity contribution in [2.75, 3.05) is 18.6 Å². The number of nitrogens with zero attached hydrogens (tertiary/aromatic N) is 2. The zero-order chi connectivity index (χ0) is 21.2. The van der Waals surface area contributed by atoms with Gasteiger partial charge in [-0.05, 0) is 11.6 Å². The number of allylic oxidation sites excluding steroid dienone is 1. The van der Waals surface area contributed by atoms with Crippen LogP contribution in [0, 0.1) is 10.1 Å². The summed E-state index contributed by atoms with van der Waals surface area (Å²) in [5, 5.41) is 11.0. The number of esters is 1. The molecule has 0 radical (unpaired) electrons. The number of para-hydroxylation sites is 2. The Morgan fingerprint density at radius 1 is 1.14 bits per heavy atom. The topological polar surface area (TPSA) is 89.8 Å². The van der Waals surface area contributed by atoms with Crippen LogP contribution in [0.2, 0.25) is 0 Å². The van der Waals surface area contributed by atoms with Crippen LogP contribution in [0.3, 0.4) is 0 Å². The van der Waals surface area contributed by atoms with Crippen LogP contribution in [0.5, 0.6) is 0 Å². The summed E-state index contributed by atoms with van der Waals surface area (Å²) < 4.78 is 5.06. The maximum Gasteiger partial charge on any atom is 0.310 e. The molecule has 7 nitrogen and oxygen atoms in total. The lowest BCUT2D eigenvalue weighted by Gasteiger charge is -2.23. The molecule has 0 aromatic heterocycles. The molecule has 0 unspecified atom stereocenters. The number of carbonyl (C=O) groups is 2. The molecule has 0 saturated carbocycles. The highest BCUT2D eigenvalue weighted by molar-refractivity contribution is 5.94. The van der Waals surface area contributed by atoms with Crippen LogP contribution < -0.4 is 4.90 Å². The molecular weight excluding hydrogens is 372 g/mol. The Bertz CT molecular complexity index is 1010. The van der Waals surface area contributed by atoms with Gasteiger partial charge in [-0.3, -0.25) is 19.7 Å². The molecule has 1 aliphatic heterocycles. The Hall–Kier alpha value is -3.48. The van der Waals surface area contributed by atoms with Gasteiger partial charge in [-0.1, -0.05) is 50.2 Å². The van der Waals surface area contributed by atoms with Gasteiger partial charge in [0.1, 0.15) is 0 Å². The standard InChI is InChI=1S/C22H22N2O5/c1-22(2)17-9-5-7-11-19(17)23(3)20(22)13-16(25)14-29-21(26)12-15-8-4-6-10-18(15)24(27)28/h4-11,13H,12,14H2,1-3H3/b20-13-. The fraction of sp³-hybridized carbons (Fsp3) is 0.273. The van der Waals surface area contributed by atoms with Gasteiger partial charge in [-0.2, -0.15) is 0 Å². The second-order valence-corrected chi connectivity index (χ2v) is 7.42. The highest BCUT2D eigenvalue weighted by Crippen LogP contribution is 2.46. The third-order valence-electron chi connectivity index (χ3n) is 5.14. The largest absolute Gasteiger partial charge is 0.457 e. The minimum absolute atomic E-state index is 0.148. The maximum atomic E-state index is 12.4. The summed E-state index contributed by atoms with van der Waals surface area (Å²) in [5.74, 6) is -1.03. The van der Waals surface area contributed by atoms with Gasteiger partial charge in [0.05, 0.1) is 11.3 Å². The Balaban J connectivity index is 1.66. The van der Waals surface area contributed by atoms with E-state index in [2.05, 4.69) is 0 Å². The molecule has 1 aliphatic rings. The lowest BCUT2D eigenvalue weighted by Crippen LogP contribution is -2.25. The molecule has 150 valence electrons. The monoisotopic (exact) mass is 394 g/mol. The van der Waals surface area contributed by atoms with Gasteiger partial charge < -0.3 is 9.64 Å². The van der Waals surface area contributed by atoms with E-state index in [1.807, 2.05) is 50.1 Å². The Morgan fingerprint density at radius 3 is 2.48 bits per heavy atom. The fourth-order valence-electron chi connectivity index (χ4n) is 3.65. The number of benzene rings is 2. The van der Waals surface area contributed by atoms with E-state index in [0.717, 1.165) is 16.9 Å². The summed E-state index contributed by atoms with van der Waals surface area (Å²) in [4.78, 5) is 36.9. The van der Waals surface area contributed by atoms with E-state index in [1.165, 1.54) is 24.3 Å². The van der Waals surface area contributed by atoms with Crippen LogP contribution in [0.15, 0.2) is 60.3 Å². The molecule has 0 spiro atoms. The van der Waals surface area contributed by atoms with E-state index < -0.39 is 17.5 Å². The summed E-state index contributed by atoms with van der Waals surface area (Å²) in [6.07, 6.45) is 1.23. The van der Waals surface area contributed by atoms with Crippen molar-refractivity contribution in [3.05, 3.63) is 81.5 Å². The summed E-state index contributed by atoms with van der Waals surface area (Å²) in [6, 6.07) is 13.9. The van der Waals surface area contributed by atoms with Gasteiger partial charge in [0.2, 0.25) is 0 Å². The lowest BCUT2D eigenvalue weighted by atomic mass is 9.83. The van der Waals surface area contributed by atoms with Crippen molar-refractivity contribution in [1.29, 1.82) is 0 Å². The van der Waals surface area contributed by atoms with Crippen LogP contribution in [0.4, 0.5) is 11.4 Å². The van der Waals surface area contributed by atoms with Crippen molar-refractivity contribution in [3.63, 3.8) is 0 Å². The first-order valence-electron chi connectivity index (χ1n) is 9.18. The van der Waals surface area contributed by atoms with Crippen molar-refractivity contribution in [2.24, 2.45) is 0 Å². The minimum Gasteiger partial charge on any atom is -0.457 e. The van der Waals surface area contributed by atoms with Gasteiger partial charge in [0, 0.05) is 41.6 Å². The number of ether oxygens (including phenoxy) is 1. The van der Waals surface area contributed by atoms with Crippen LogP contribution in [0.1, 0.15) is 25.0 Å². The summed E-state index contributed by atoms with van der Waals surface area (Å²) in [6.45, 7) is 3.66.